The molecule has 0 heterocycles. The lowest BCUT2D eigenvalue weighted by Gasteiger charge is -2.30. The summed E-state index contributed by atoms with van der Waals surface area (Å²) < 4.78 is 5.02. The Morgan fingerprint density at radius 1 is 0.765 bits per heavy atom. The molecule has 0 fully saturated rings. The van der Waals surface area contributed by atoms with E-state index in [0.29, 0.717) is 37.9 Å². The molecule has 1 aromatic rings. The third-order valence-corrected chi connectivity index (χ3v) is 8.91. The Balaban J connectivity index is 2.73. The van der Waals surface area contributed by atoms with Crippen LogP contribution in [0, 0.1) is 28.6 Å². The van der Waals surface area contributed by atoms with Gasteiger partial charge in [-0.15, -0.1) is 0 Å². The second-order valence-electron chi connectivity index (χ2n) is 16.9. The largest absolute Gasteiger partial charge is 0.461 e. The minimum Gasteiger partial charge on any atom is -0.461 e. The quantitative estimate of drug-likeness (QED) is 0.0742. The standard InChI is InChI=1S/C41H67N3O7/c1-28(2)34(24-33(46)15-12-10-11-13-17-36(47)32(25-40(4,5)6)26-41(7,8)9)38(49)44-35(16-14-22-43-39(42)50)37(48)23-30-18-20-31(21-19-30)27-51-29(3)45/h18-21,28,32,34-35H,10-17,22-27H2,1-9H3,(H,44,49)(H3,42,43,50)/t34-,35-/m0/s1. The smallest absolute Gasteiger partial charge is 0.312 e. The van der Waals surface area contributed by atoms with Gasteiger partial charge in [0.05, 0.1) is 6.04 Å². The lowest BCUT2D eigenvalue weighted by atomic mass is 9.74. The molecule has 1 aromatic carbocycles. The molecule has 2 atom stereocenters. The predicted molar refractivity (Wildman–Crippen MR) is 202 cm³/mol. The molecule has 0 aliphatic carbocycles. The molecule has 0 aliphatic rings. The summed E-state index contributed by atoms with van der Waals surface area (Å²) in [5, 5.41) is 5.43. The minimum absolute atomic E-state index is 0.0118. The van der Waals surface area contributed by atoms with Crippen molar-refractivity contribution < 1.29 is 33.5 Å². The predicted octanol–water partition coefficient (Wildman–Crippen LogP) is 7.42. The highest BCUT2D eigenvalue weighted by atomic mass is 16.5. The van der Waals surface area contributed by atoms with Crippen molar-refractivity contribution in [3.05, 3.63) is 35.4 Å². The Bertz CT molecular complexity index is 1260. The number of nitrogens with one attached hydrogen (secondary N) is 2. The number of Topliss-reactive ketones (excluding diaryl/α,β-unsaturated/α-hetero) is 3. The summed E-state index contributed by atoms with van der Waals surface area (Å²) >= 11 is 0. The molecule has 10 nitrogen and oxygen atoms in total. The van der Waals surface area contributed by atoms with E-state index >= 15 is 0 Å². The number of benzene rings is 1. The lowest BCUT2D eigenvalue weighted by Crippen LogP contribution is -2.46. The highest BCUT2D eigenvalue weighted by Gasteiger charge is 2.30. The molecule has 1 rings (SSSR count). The number of unbranched alkanes of at least 4 members (excludes halogenated alkanes) is 3. The van der Waals surface area contributed by atoms with Gasteiger partial charge in [-0.25, -0.2) is 4.79 Å². The molecular weight excluding hydrogens is 646 g/mol. The maximum absolute atomic E-state index is 13.5. The summed E-state index contributed by atoms with van der Waals surface area (Å²) in [5.41, 5.74) is 6.91. The first-order valence-electron chi connectivity index (χ1n) is 18.8. The topological polar surface area (TPSA) is 162 Å². The van der Waals surface area contributed by atoms with Crippen molar-refractivity contribution in [3.8, 4) is 0 Å². The van der Waals surface area contributed by atoms with Gasteiger partial charge in [0, 0.05) is 51.0 Å². The molecule has 0 bridgehead atoms. The fourth-order valence-corrected chi connectivity index (χ4v) is 6.31. The Hall–Kier alpha value is -3.56. The third-order valence-electron chi connectivity index (χ3n) is 8.91. The van der Waals surface area contributed by atoms with Gasteiger partial charge >= 0.3 is 12.0 Å². The van der Waals surface area contributed by atoms with Crippen LogP contribution in [0.1, 0.15) is 144 Å². The van der Waals surface area contributed by atoms with Crippen LogP contribution in [0.25, 0.3) is 0 Å². The number of carbonyl (C=O) groups is 6. The minimum atomic E-state index is -0.807. The summed E-state index contributed by atoms with van der Waals surface area (Å²) in [4.78, 5) is 75.3. The van der Waals surface area contributed by atoms with Crippen molar-refractivity contribution in [2.75, 3.05) is 6.54 Å². The fraction of sp³-hybridized carbons (Fsp3) is 0.707. The molecule has 0 aromatic heterocycles. The number of hydrogen-bond acceptors (Lipinski definition) is 7. The zero-order chi connectivity index (χ0) is 38.8. The molecule has 0 aliphatic heterocycles. The lowest BCUT2D eigenvalue weighted by molar-refractivity contribution is -0.142. The normalized spacial score (nSPS) is 13.1. The van der Waals surface area contributed by atoms with Crippen molar-refractivity contribution in [1.29, 1.82) is 0 Å². The second-order valence-corrected chi connectivity index (χ2v) is 16.9. The third kappa shape index (κ3) is 21.4. The molecule has 0 radical (unpaired) electrons. The van der Waals surface area contributed by atoms with E-state index < -0.39 is 18.0 Å². The fourth-order valence-electron chi connectivity index (χ4n) is 6.31. The average Bonchev–Trinajstić information content (AvgIpc) is 3.00. The summed E-state index contributed by atoms with van der Waals surface area (Å²) in [6.45, 7) is 18.6. The maximum atomic E-state index is 13.5. The van der Waals surface area contributed by atoms with Crippen LogP contribution in [0.3, 0.4) is 0 Å². The Kier molecular flexibility index (Phi) is 20.0. The molecule has 0 spiro atoms. The highest BCUT2D eigenvalue weighted by Crippen LogP contribution is 2.34. The second kappa shape index (κ2) is 22.4. The highest BCUT2D eigenvalue weighted by molar-refractivity contribution is 5.92. The maximum Gasteiger partial charge on any atom is 0.312 e. The molecule has 4 N–H and O–H groups in total. The van der Waals surface area contributed by atoms with Crippen LogP contribution in [0.4, 0.5) is 4.79 Å². The van der Waals surface area contributed by atoms with Crippen LogP contribution in [0.2, 0.25) is 0 Å². The van der Waals surface area contributed by atoms with Gasteiger partial charge in [0.15, 0.2) is 5.78 Å². The van der Waals surface area contributed by atoms with Crippen LogP contribution in [0.5, 0.6) is 0 Å². The van der Waals surface area contributed by atoms with Gasteiger partial charge in [-0.1, -0.05) is 92.5 Å². The van der Waals surface area contributed by atoms with Gasteiger partial charge in [0.25, 0.3) is 0 Å². The van der Waals surface area contributed by atoms with Crippen LogP contribution < -0.4 is 16.4 Å². The number of esters is 1. The number of ether oxygens (including phenoxy) is 1. The van der Waals surface area contributed by atoms with E-state index in [1.54, 1.807) is 24.3 Å². The number of nitrogens with two attached hydrogens (primary N) is 1. The Labute approximate surface area is 307 Å². The Morgan fingerprint density at radius 3 is 1.82 bits per heavy atom. The molecule has 51 heavy (non-hydrogen) atoms. The van der Waals surface area contributed by atoms with E-state index in [4.69, 9.17) is 10.5 Å². The molecule has 0 saturated carbocycles. The molecule has 3 amide bonds. The molecule has 10 heteroatoms. The molecule has 288 valence electrons. The monoisotopic (exact) mass is 713 g/mol. The summed E-state index contributed by atoms with van der Waals surface area (Å²) in [6, 6.07) is 5.67. The van der Waals surface area contributed by atoms with Crippen molar-refractivity contribution >= 4 is 35.3 Å². The van der Waals surface area contributed by atoms with Gasteiger partial charge in [-0.3, -0.25) is 24.0 Å². The van der Waals surface area contributed by atoms with Crippen LogP contribution in [0.15, 0.2) is 24.3 Å². The van der Waals surface area contributed by atoms with Crippen molar-refractivity contribution in [1.82, 2.24) is 10.6 Å². The van der Waals surface area contributed by atoms with E-state index in [9.17, 15) is 28.8 Å². The Morgan fingerprint density at radius 2 is 1.31 bits per heavy atom. The molecule has 0 unspecified atom stereocenters. The van der Waals surface area contributed by atoms with Gasteiger partial charge < -0.3 is 21.1 Å². The number of amides is 3. The number of hydrogen-bond donors (Lipinski definition) is 3. The number of ketones is 3. The van der Waals surface area contributed by atoms with Gasteiger partial charge in [-0.2, -0.15) is 0 Å². The first kappa shape index (κ1) is 45.5. The van der Waals surface area contributed by atoms with Crippen molar-refractivity contribution in [3.63, 3.8) is 0 Å². The van der Waals surface area contributed by atoms with Crippen LogP contribution in [-0.2, 0) is 41.7 Å². The van der Waals surface area contributed by atoms with Gasteiger partial charge in [0.2, 0.25) is 5.91 Å². The first-order valence-corrected chi connectivity index (χ1v) is 18.8. The molecule has 0 saturated heterocycles. The number of primary amides is 1. The average molecular weight is 714 g/mol. The van der Waals surface area contributed by atoms with Crippen LogP contribution in [-0.4, -0.2) is 47.8 Å². The summed E-state index contributed by atoms with van der Waals surface area (Å²) in [6.07, 6.45) is 6.86. The van der Waals surface area contributed by atoms with E-state index in [1.807, 2.05) is 13.8 Å². The number of carbonyl (C=O) groups excluding carboxylic acids is 6. The summed E-state index contributed by atoms with van der Waals surface area (Å²) in [7, 11) is 0. The van der Waals surface area contributed by atoms with Crippen molar-refractivity contribution in [2.45, 2.75) is 152 Å². The first-order chi connectivity index (χ1) is 23.7. The molecular formula is C41H67N3O7. The van der Waals surface area contributed by atoms with E-state index in [-0.39, 0.29) is 72.1 Å². The summed E-state index contributed by atoms with van der Waals surface area (Å²) in [5.74, 6) is -1.19. The van der Waals surface area contributed by atoms with E-state index in [0.717, 1.165) is 43.2 Å². The zero-order valence-corrected chi connectivity index (χ0v) is 33.0. The van der Waals surface area contributed by atoms with E-state index in [2.05, 4.69) is 52.2 Å². The number of rotatable bonds is 24. The van der Waals surface area contributed by atoms with Crippen LogP contribution >= 0.6 is 0 Å². The van der Waals surface area contributed by atoms with Gasteiger partial charge in [-0.05, 0) is 66.4 Å². The van der Waals surface area contributed by atoms with E-state index in [1.165, 1.54) is 6.92 Å². The zero-order valence-electron chi connectivity index (χ0n) is 33.0. The van der Waals surface area contributed by atoms with Crippen molar-refractivity contribution in [2.24, 2.45) is 34.3 Å². The SMILES string of the molecule is CC(=O)OCc1ccc(CC(=O)[C@H](CCCNC(N)=O)NC(=O)[C@@H](CC(=O)CCCCCCC(=O)C(CC(C)(C)C)CC(C)(C)C)C(C)C)cc1. The number of urea groups is 1. The van der Waals surface area contributed by atoms with Gasteiger partial charge in [0.1, 0.15) is 18.2 Å².